The molecular formula is C47H50Br2N4O4. The lowest BCUT2D eigenvalue weighted by molar-refractivity contribution is -0.141. The molecule has 296 valence electrons. The molecule has 0 radical (unpaired) electrons. The molecule has 0 fully saturated rings. The normalized spacial score (nSPS) is 16.7. The molecular weight excluding hydrogens is 844 g/mol. The first-order valence-electron chi connectivity index (χ1n) is 19.4. The van der Waals surface area contributed by atoms with Crippen LogP contribution in [0.3, 0.4) is 0 Å². The van der Waals surface area contributed by atoms with Crippen LogP contribution in [0.1, 0.15) is 91.0 Å². The Labute approximate surface area is 355 Å². The molecule has 4 heterocycles. The second-order valence-corrected chi connectivity index (χ2v) is 15.1. The number of nitrogens with one attached hydrogen (secondary N) is 2. The highest BCUT2D eigenvalue weighted by atomic mass is 79.9. The van der Waals surface area contributed by atoms with Crippen LogP contribution in [0.2, 0.25) is 0 Å². The number of fused-ring (bicyclic) bond motifs is 6. The minimum atomic E-state index is -0.258. The summed E-state index contributed by atoms with van der Waals surface area (Å²) in [5, 5.41) is 0. The van der Waals surface area contributed by atoms with E-state index in [-0.39, 0.29) is 58.7 Å². The number of hydrogen-bond donors (Lipinski definition) is 2. The fourth-order valence-electron chi connectivity index (χ4n) is 8.98. The average Bonchev–Trinajstić information content (AvgIpc) is 3.89. The Hall–Kier alpha value is -4.80. The van der Waals surface area contributed by atoms with Gasteiger partial charge in [0.15, 0.2) is 0 Å². The highest BCUT2D eigenvalue weighted by molar-refractivity contribution is 8.93. The van der Waals surface area contributed by atoms with Gasteiger partial charge in [-0.05, 0) is 134 Å². The maximum absolute atomic E-state index is 12.5. The van der Waals surface area contributed by atoms with Crippen molar-refractivity contribution < 1.29 is 19.1 Å². The zero-order chi connectivity index (χ0) is 38.4. The number of aromatic nitrogens is 2. The number of carbonyl (C=O) groups excluding carboxylic acids is 2. The Morgan fingerprint density at radius 3 is 1.44 bits per heavy atom. The van der Waals surface area contributed by atoms with Crippen LogP contribution >= 0.6 is 34.0 Å². The highest BCUT2D eigenvalue weighted by Crippen LogP contribution is 2.43. The molecule has 2 aromatic carbocycles. The number of methoxy groups -OCH3 is 2. The number of hydrogen-bond acceptors (Lipinski definition) is 6. The number of aromatic amines is 2. The minimum absolute atomic E-state index is 0. The number of esters is 2. The summed E-state index contributed by atoms with van der Waals surface area (Å²) in [7, 11) is 2.85. The number of carbonyl (C=O) groups is 2. The van der Waals surface area contributed by atoms with E-state index in [0.29, 0.717) is 19.3 Å². The number of rotatable bonds is 10. The van der Waals surface area contributed by atoms with E-state index in [9.17, 15) is 9.59 Å². The first-order valence-corrected chi connectivity index (χ1v) is 19.4. The predicted molar refractivity (Wildman–Crippen MR) is 241 cm³/mol. The van der Waals surface area contributed by atoms with Gasteiger partial charge in [-0.15, -0.1) is 34.0 Å². The van der Waals surface area contributed by atoms with E-state index in [1.165, 1.54) is 70.1 Å². The fraction of sp³-hybridized carbons (Fsp3) is 0.319. The van der Waals surface area contributed by atoms with E-state index >= 15 is 0 Å². The quantitative estimate of drug-likeness (QED) is 0.155. The zero-order valence-electron chi connectivity index (χ0n) is 33.5. The number of aryl methyl sites for hydroxylation is 4. The third-order valence-electron chi connectivity index (χ3n) is 11.9. The van der Waals surface area contributed by atoms with Crippen molar-refractivity contribution >= 4 is 69.5 Å². The lowest BCUT2D eigenvalue weighted by Crippen LogP contribution is -2.13. The first kappa shape index (κ1) is 41.8. The van der Waals surface area contributed by atoms with Crippen molar-refractivity contribution in [3.05, 3.63) is 127 Å². The lowest BCUT2D eigenvalue weighted by atomic mass is 9.85. The Bertz CT molecular complexity index is 2300. The molecule has 4 aliphatic rings. The summed E-state index contributed by atoms with van der Waals surface area (Å²) in [6.07, 6.45) is 10.4. The van der Waals surface area contributed by atoms with Crippen LogP contribution in [-0.4, -0.2) is 47.5 Å². The Kier molecular flexibility index (Phi) is 12.7. The summed E-state index contributed by atoms with van der Waals surface area (Å²) in [4.78, 5) is 42.9. The number of allylic oxidation sites excluding steroid dienone is 4. The standard InChI is InChI=1S/C47H48N4O4.2BrH/c1-26-32(19-21-44(52)54-5)40(50-38(26)23-42-46-34(28(3)48-42)17-15-30-11-7-9-13-36(30)46)25-41-33(20-22-45(53)55-6)27(2)39(51-41)24-43-47-35(29(4)49-43)18-16-31-12-8-10-14-37(31)47;;/h7-14,23-24,48-49H,15-22,25H2,1-6H3;2*1H/b38-23-,39-24-;;. The van der Waals surface area contributed by atoms with E-state index in [4.69, 9.17) is 19.5 Å². The molecule has 2 aromatic heterocycles. The summed E-state index contributed by atoms with van der Waals surface area (Å²) in [5.74, 6) is -0.515. The van der Waals surface area contributed by atoms with Crippen LogP contribution in [0, 0.1) is 13.8 Å². The van der Waals surface area contributed by atoms with Crippen LogP contribution in [0.5, 0.6) is 0 Å². The van der Waals surface area contributed by atoms with Crippen molar-refractivity contribution in [3.8, 4) is 22.3 Å². The van der Waals surface area contributed by atoms with Gasteiger partial charge >= 0.3 is 11.9 Å². The summed E-state index contributed by atoms with van der Waals surface area (Å²) >= 11 is 0. The SMILES string of the molecule is Br.Br.COC(=O)CCC1=C(C)/C(=C/c2[nH]c(C)c3c2-c2ccccc2CC3)N=C1CC1=N/C(=C\c2[nH]c(C)c3c2-c2ccccc2CC3)C(C)=C1CCC(=O)OC. The minimum Gasteiger partial charge on any atom is -0.469 e. The topological polar surface area (TPSA) is 109 Å². The Balaban J connectivity index is 0.00000275. The number of halogens is 2. The first-order chi connectivity index (χ1) is 26.6. The molecule has 2 aliphatic carbocycles. The van der Waals surface area contributed by atoms with Crippen molar-refractivity contribution in [2.45, 2.75) is 85.5 Å². The van der Waals surface area contributed by atoms with Crippen molar-refractivity contribution in [1.82, 2.24) is 9.97 Å². The van der Waals surface area contributed by atoms with Crippen LogP contribution < -0.4 is 0 Å². The molecule has 0 amide bonds. The number of benzene rings is 2. The molecule has 2 aliphatic heterocycles. The Morgan fingerprint density at radius 2 is 1.04 bits per heavy atom. The van der Waals surface area contributed by atoms with Gasteiger partial charge in [0.1, 0.15) is 0 Å². The Morgan fingerprint density at radius 1 is 0.632 bits per heavy atom. The third-order valence-corrected chi connectivity index (χ3v) is 11.9. The molecule has 8 rings (SSSR count). The van der Waals surface area contributed by atoms with Gasteiger partial charge in [-0.2, -0.15) is 0 Å². The maximum atomic E-state index is 12.5. The van der Waals surface area contributed by atoms with Gasteiger partial charge in [0.2, 0.25) is 0 Å². The highest BCUT2D eigenvalue weighted by Gasteiger charge is 2.30. The molecule has 8 nitrogen and oxygen atoms in total. The number of ether oxygens (including phenoxy) is 2. The van der Waals surface area contributed by atoms with Crippen molar-refractivity contribution in [1.29, 1.82) is 0 Å². The number of nitrogens with zero attached hydrogens (tertiary/aromatic N) is 2. The molecule has 2 N–H and O–H groups in total. The number of aliphatic imine (C=N–C) groups is 2. The molecule has 0 bridgehead atoms. The summed E-state index contributed by atoms with van der Waals surface area (Å²) in [5.41, 5.74) is 22.6. The van der Waals surface area contributed by atoms with Gasteiger partial charge in [0, 0.05) is 53.2 Å². The van der Waals surface area contributed by atoms with Crippen molar-refractivity contribution in [2.75, 3.05) is 14.2 Å². The third kappa shape index (κ3) is 7.91. The lowest BCUT2D eigenvalue weighted by Gasteiger charge is -2.17. The molecule has 10 heteroatoms. The molecule has 57 heavy (non-hydrogen) atoms. The average molecular weight is 895 g/mol. The van der Waals surface area contributed by atoms with E-state index in [1.54, 1.807) is 0 Å². The summed E-state index contributed by atoms with van der Waals surface area (Å²) in [6, 6.07) is 17.3. The molecule has 0 saturated carbocycles. The van der Waals surface area contributed by atoms with E-state index in [2.05, 4.69) is 98.3 Å². The van der Waals surface area contributed by atoms with Crippen molar-refractivity contribution in [2.24, 2.45) is 9.98 Å². The van der Waals surface area contributed by atoms with Gasteiger partial charge < -0.3 is 19.4 Å². The van der Waals surface area contributed by atoms with Crippen molar-refractivity contribution in [3.63, 3.8) is 0 Å². The van der Waals surface area contributed by atoms with Crippen LogP contribution in [0.15, 0.2) is 92.2 Å². The van der Waals surface area contributed by atoms with Gasteiger partial charge in [0.05, 0.1) is 37.0 Å². The molecule has 0 saturated heterocycles. The van der Waals surface area contributed by atoms with Gasteiger partial charge in [-0.25, -0.2) is 0 Å². The van der Waals surface area contributed by atoms with Gasteiger partial charge in [-0.3, -0.25) is 19.6 Å². The molecule has 4 aromatic rings. The smallest absolute Gasteiger partial charge is 0.305 e. The van der Waals surface area contributed by atoms with Crippen LogP contribution in [0.25, 0.3) is 34.4 Å². The monoisotopic (exact) mass is 892 g/mol. The second-order valence-electron chi connectivity index (χ2n) is 15.1. The maximum Gasteiger partial charge on any atom is 0.305 e. The zero-order valence-corrected chi connectivity index (χ0v) is 36.9. The van der Waals surface area contributed by atoms with Gasteiger partial charge in [-0.1, -0.05) is 48.5 Å². The molecule has 0 spiro atoms. The van der Waals surface area contributed by atoms with Crippen LogP contribution in [-0.2, 0) is 44.7 Å². The van der Waals surface area contributed by atoms with Crippen LogP contribution in [0.4, 0.5) is 0 Å². The fourth-order valence-corrected chi connectivity index (χ4v) is 8.98. The molecule has 0 atom stereocenters. The predicted octanol–water partition coefficient (Wildman–Crippen LogP) is 10.9. The molecule has 0 unspecified atom stereocenters. The number of H-pyrrole nitrogens is 2. The van der Waals surface area contributed by atoms with E-state index in [0.717, 1.165) is 82.2 Å². The van der Waals surface area contributed by atoms with E-state index in [1.807, 2.05) is 0 Å². The summed E-state index contributed by atoms with van der Waals surface area (Å²) in [6.45, 7) is 8.50. The van der Waals surface area contributed by atoms with Gasteiger partial charge in [0.25, 0.3) is 0 Å². The largest absolute Gasteiger partial charge is 0.469 e. The van der Waals surface area contributed by atoms with E-state index < -0.39 is 0 Å². The summed E-state index contributed by atoms with van der Waals surface area (Å²) < 4.78 is 10.1. The second kappa shape index (κ2) is 17.4.